The highest BCUT2D eigenvalue weighted by molar-refractivity contribution is 7.98. The molecule has 1 saturated heterocycles. The first-order chi connectivity index (χ1) is 13.3. The molecular weight excluding hydrogens is 358 g/mol. The van der Waals surface area contributed by atoms with Gasteiger partial charge in [0.05, 0.1) is 17.9 Å². The number of rotatable bonds is 4. The Balaban J connectivity index is 1.35. The van der Waals surface area contributed by atoms with Gasteiger partial charge in [0, 0.05) is 43.2 Å². The third-order valence-corrected chi connectivity index (χ3v) is 6.57. The molecule has 5 rings (SSSR count). The Morgan fingerprint density at radius 1 is 1.30 bits per heavy atom. The maximum absolute atomic E-state index is 12.5. The summed E-state index contributed by atoms with van der Waals surface area (Å²) in [6, 6.07) is 8.20. The van der Waals surface area contributed by atoms with E-state index in [1.165, 1.54) is 0 Å². The van der Waals surface area contributed by atoms with E-state index in [1.54, 1.807) is 10.7 Å². The van der Waals surface area contributed by atoms with E-state index in [4.69, 9.17) is 10.1 Å². The Hall–Kier alpha value is -2.12. The Morgan fingerprint density at radius 2 is 2.26 bits per heavy atom. The number of fused-ring (bicyclic) bond motifs is 2. The van der Waals surface area contributed by atoms with Gasteiger partial charge in [0.15, 0.2) is 0 Å². The second kappa shape index (κ2) is 7.13. The van der Waals surface area contributed by atoms with Crippen LogP contribution in [0.1, 0.15) is 29.8 Å². The molecule has 140 valence electrons. The zero-order valence-electron chi connectivity index (χ0n) is 15.3. The molecule has 3 aromatic heterocycles. The standard InChI is InChI=1S/C20H23N5OS/c26-20-10-15-14-27-9-6-18(15)22-25(20)13-17-4-3-8-23(17)11-16-12-24-7-2-1-5-19(24)21-16/h1-2,5,7,10,12,17H,3-4,6,8-9,11,13-14H2. The molecule has 2 aliphatic heterocycles. The largest absolute Gasteiger partial charge is 0.307 e. The summed E-state index contributed by atoms with van der Waals surface area (Å²) in [6.07, 6.45) is 7.37. The van der Waals surface area contributed by atoms with Crippen LogP contribution in [0.5, 0.6) is 0 Å². The number of imidazole rings is 1. The van der Waals surface area contributed by atoms with E-state index in [1.807, 2.05) is 36.2 Å². The number of thioether (sulfide) groups is 1. The van der Waals surface area contributed by atoms with Crippen LogP contribution in [-0.4, -0.2) is 42.4 Å². The fraction of sp³-hybridized carbons (Fsp3) is 0.450. The van der Waals surface area contributed by atoms with Crippen molar-refractivity contribution in [2.45, 2.75) is 44.1 Å². The first-order valence-corrected chi connectivity index (χ1v) is 10.8. The second-order valence-corrected chi connectivity index (χ2v) is 8.51. The molecule has 6 nitrogen and oxygen atoms in total. The average Bonchev–Trinajstić information content (AvgIpc) is 3.29. The van der Waals surface area contributed by atoms with Gasteiger partial charge in [0.2, 0.25) is 0 Å². The van der Waals surface area contributed by atoms with Crippen molar-refractivity contribution in [2.75, 3.05) is 12.3 Å². The van der Waals surface area contributed by atoms with E-state index in [2.05, 4.69) is 15.5 Å². The summed E-state index contributed by atoms with van der Waals surface area (Å²) in [5.41, 5.74) is 4.33. The van der Waals surface area contributed by atoms with Gasteiger partial charge >= 0.3 is 0 Å². The van der Waals surface area contributed by atoms with Gasteiger partial charge in [-0.25, -0.2) is 9.67 Å². The van der Waals surface area contributed by atoms with E-state index in [9.17, 15) is 4.79 Å². The van der Waals surface area contributed by atoms with Gasteiger partial charge in [0.25, 0.3) is 5.56 Å². The summed E-state index contributed by atoms with van der Waals surface area (Å²) in [7, 11) is 0. The number of likely N-dealkylation sites (tertiary alicyclic amines) is 1. The highest BCUT2D eigenvalue weighted by atomic mass is 32.2. The van der Waals surface area contributed by atoms with Gasteiger partial charge in [-0.05, 0) is 42.8 Å². The summed E-state index contributed by atoms with van der Waals surface area (Å²) < 4.78 is 3.76. The van der Waals surface area contributed by atoms with Crippen LogP contribution in [0, 0.1) is 0 Å². The molecule has 0 aliphatic carbocycles. The highest BCUT2D eigenvalue weighted by Gasteiger charge is 2.26. The Morgan fingerprint density at radius 3 is 3.19 bits per heavy atom. The molecule has 27 heavy (non-hydrogen) atoms. The molecule has 1 fully saturated rings. The normalized spacial score (nSPS) is 20.2. The summed E-state index contributed by atoms with van der Waals surface area (Å²) in [5.74, 6) is 2.02. The third kappa shape index (κ3) is 3.41. The zero-order chi connectivity index (χ0) is 18.2. The van der Waals surface area contributed by atoms with Crippen molar-refractivity contribution < 1.29 is 0 Å². The number of hydrogen-bond donors (Lipinski definition) is 0. The van der Waals surface area contributed by atoms with Crippen LogP contribution in [0.4, 0.5) is 0 Å². The predicted octanol–water partition coefficient (Wildman–Crippen LogP) is 2.34. The molecule has 0 bridgehead atoms. The number of hydrogen-bond acceptors (Lipinski definition) is 5. The van der Waals surface area contributed by atoms with Crippen molar-refractivity contribution in [2.24, 2.45) is 0 Å². The van der Waals surface area contributed by atoms with Crippen LogP contribution in [0.25, 0.3) is 5.65 Å². The molecular formula is C20H23N5OS. The lowest BCUT2D eigenvalue weighted by molar-refractivity contribution is 0.214. The minimum absolute atomic E-state index is 0.0378. The first kappa shape index (κ1) is 17.0. The zero-order valence-corrected chi connectivity index (χ0v) is 16.1. The molecule has 1 unspecified atom stereocenters. The van der Waals surface area contributed by atoms with E-state index >= 15 is 0 Å². The summed E-state index contributed by atoms with van der Waals surface area (Å²) in [6.45, 7) is 2.55. The van der Waals surface area contributed by atoms with Crippen molar-refractivity contribution in [1.82, 2.24) is 24.1 Å². The Labute approximate surface area is 162 Å². The van der Waals surface area contributed by atoms with Crippen molar-refractivity contribution in [1.29, 1.82) is 0 Å². The molecule has 0 radical (unpaired) electrons. The number of pyridine rings is 1. The maximum atomic E-state index is 12.5. The number of aryl methyl sites for hydroxylation is 1. The molecule has 2 aliphatic rings. The quantitative estimate of drug-likeness (QED) is 0.694. The molecule has 1 atom stereocenters. The van der Waals surface area contributed by atoms with Crippen LogP contribution < -0.4 is 5.56 Å². The van der Waals surface area contributed by atoms with Crippen LogP contribution in [-0.2, 0) is 25.3 Å². The minimum atomic E-state index is 0.0378. The lowest BCUT2D eigenvalue weighted by Gasteiger charge is -2.24. The van der Waals surface area contributed by atoms with Crippen LogP contribution in [0.15, 0.2) is 41.5 Å². The van der Waals surface area contributed by atoms with Gasteiger partial charge in [-0.2, -0.15) is 16.9 Å². The minimum Gasteiger partial charge on any atom is -0.307 e. The molecule has 7 heteroatoms. The van der Waals surface area contributed by atoms with Crippen LogP contribution in [0.2, 0.25) is 0 Å². The Kier molecular flexibility index (Phi) is 4.49. The fourth-order valence-corrected chi connectivity index (χ4v) is 5.12. The molecule has 0 spiro atoms. The summed E-state index contributed by atoms with van der Waals surface area (Å²) in [4.78, 5) is 19.7. The lowest BCUT2D eigenvalue weighted by atomic mass is 10.2. The average molecular weight is 382 g/mol. The summed E-state index contributed by atoms with van der Waals surface area (Å²) >= 11 is 1.88. The van der Waals surface area contributed by atoms with E-state index in [0.717, 1.165) is 66.5 Å². The topological polar surface area (TPSA) is 55.4 Å². The maximum Gasteiger partial charge on any atom is 0.267 e. The SMILES string of the molecule is O=c1cc2c(nn1CC1CCCN1Cc1cn3ccccc3n1)CCSC2. The molecule has 3 aromatic rings. The lowest BCUT2D eigenvalue weighted by Crippen LogP contribution is -2.37. The monoisotopic (exact) mass is 381 g/mol. The van der Waals surface area contributed by atoms with E-state index in [-0.39, 0.29) is 5.56 Å². The number of nitrogens with zero attached hydrogens (tertiary/aromatic N) is 5. The Bertz CT molecular complexity index is 994. The fourth-order valence-electron chi connectivity index (χ4n) is 4.16. The number of aromatic nitrogens is 4. The molecule has 0 N–H and O–H groups in total. The van der Waals surface area contributed by atoms with Gasteiger partial charge in [0.1, 0.15) is 5.65 Å². The van der Waals surface area contributed by atoms with E-state index < -0.39 is 0 Å². The first-order valence-electron chi connectivity index (χ1n) is 9.60. The van der Waals surface area contributed by atoms with Crippen LogP contribution in [0.3, 0.4) is 0 Å². The second-order valence-electron chi connectivity index (χ2n) is 7.40. The molecule has 0 aromatic carbocycles. The van der Waals surface area contributed by atoms with Crippen molar-refractivity contribution in [3.8, 4) is 0 Å². The van der Waals surface area contributed by atoms with Gasteiger partial charge in [-0.1, -0.05) is 6.07 Å². The smallest absolute Gasteiger partial charge is 0.267 e. The highest BCUT2D eigenvalue weighted by Crippen LogP contribution is 2.23. The van der Waals surface area contributed by atoms with E-state index in [0.29, 0.717) is 12.6 Å². The predicted molar refractivity (Wildman–Crippen MR) is 107 cm³/mol. The van der Waals surface area contributed by atoms with Gasteiger partial charge < -0.3 is 4.40 Å². The van der Waals surface area contributed by atoms with Crippen molar-refractivity contribution in [3.05, 3.63) is 64.0 Å². The van der Waals surface area contributed by atoms with Crippen molar-refractivity contribution >= 4 is 17.4 Å². The molecule has 5 heterocycles. The van der Waals surface area contributed by atoms with Gasteiger partial charge in [-0.3, -0.25) is 9.69 Å². The van der Waals surface area contributed by atoms with Gasteiger partial charge in [-0.15, -0.1) is 0 Å². The summed E-state index contributed by atoms with van der Waals surface area (Å²) in [5, 5.41) is 4.70. The molecule has 0 amide bonds. The molecule has 0 saturated carbocycles. The van der Waals surface area contributed by atoms with Crippen LogP contribution >= 0.6 is 11.8 Å². The third-order valence-electron chi connectivity index (χ3n) is 5.57. The van der Waals surface area contributed by atoms with Crippen molar-refractivity contribution in [3.63, 3.8) is 0 Å².